The zero-order valence-corrected chi connectivity index (χ0v) is 16.1. The summed E-state index contributed by atoms with van der Waals surface area (Å²) in [4.78, 5) is 36.3. The molecule has 0 atom stereocenters. The molecule has 0 aromatic heterocycles. The number of carbonyl (C=O) groups excluding carboxylic acids is 3. The van der Waals surface area contributed by atoms with Crippen LogP contribution >= 0.6 is 11.8 Å². The molecule has 2 amide bonds. The maximum absolute atomic E-state index is 12.4. The van der Waals surface area contributed by atoms with Crippen LogP contribution in [0.15, 0.2) is 47.4 Å². The Morgan fingerprint density at radius 1 is 1.17 bits per heavy atom. The number of hydrogen-bond donors (Lipinski definition) is 2. The van der Waals surface area contributed by atoms with Gasteiger partial charge in [-0.1, -0.05) is 18.2 Å². The number of carbonyl (C=O) groups is 3. The summed E-state index contributed by atoms with van der Waals surface area (Å²) in [5.74, 6) is -1.82. The zero-order chi connectivity index (χ0) is 21.7. The van der Waals surface area contributed by atoms with E-state index in [0.29, 0.717) is 5.69 Å². The highest BCUT2D eigenvalue weighted by Crippen LogP contribution is 2.32. The number of anilines is 1. The Kier molecular flexibility index (Phi) is 6.50. The van der Waals surface area contributed by atoms with Crippen molar-refractivity contribution in [3.05, 3.63) is 53.6 Å². The van der Waals surface area contributed by atoms with Crippen LogP contribution in [0.2, 0.25) is 0 Å². The highest BCUT2D eigenvalue weighted by atomic mass is 32.2. The van der Waals surface area contributed by atoms with E-state index in [1.165, 1.54) is 42.1 Å². The van der Waals surface area contributed by atoms with Crippen LogP contribution in [0.5, 0.6) is 5.75 Å². The van der Waals surface area contributed by atoms with Gasteiger partial charge in [-0.2, -0.15) is 0 Å². The number of ether oxygens (including phenoxy) is 2. The Bertz CT molecular complexity index is 981. The van der Waals surface area contributed by atoms with Gasteiger partial charge in [0.2, 0.25) is 5.91 Å². The third kappa shape index (κ3) is 5.89. The van der Waals surface area contributed by atoms with Gasteiger partial charge in [0.1, 0.15) is 5.75 Å². The van der Waals surface area contributed by atoms with Gasteiger partial charge in [0.05, 0.1) is 17.0 Å². The van der Waals surface area contributed by atoms with Crippen molar-refractivity contribution in [1.29, 1.82) is 0 Å². The van der Waals surface area contributed by atoms with E-state index in [0.717, 1.165) is 11.0 Å². The minimum absolute atomic E-state index is 0.109. The first-order chi connectivity index (χ1) is 14.2. The fourth-order valence-corrected chi connectivity index (χ4v) is 3.33. The lowest BCUT2D eigenvalue weighted by Crippen LogP contribution is -2.29. The molecule has 0 bridgehead atoms. The number of para-hydroxylation sites is 1. The number of fused-ring (bicyclic) bond motifs is 1. The third-order valence-electron chi connectivity index (χ3n) is 3.86. The number of esters is 1. The standard InChI is InChI=1S/C19H15F3N2O5S/c20-19(21,22)29-14-4-2-1-3-12(14)8-23-16(25)9-28-18(27)11-5-6-15-13(7-11)24-17(26)10-30-15/h1-7H,8-10H2,(H,23,25)(H,24,26). The molecule has 1 heterocycles. The van der Waals surface area contributed by atoms with Gasteiger partial charge in [-0.05, 0) is 24.3 Å². The normalized spacial score (nSPS) is 13.1. The van der Waals surface area contributed by atoms with Crippen LogP contribution in [0.4, 0.5) is 18.9 Å². The molecule has 158 valence electrons. The van der Waals surface area contributed by atoms with Crippen LogP contribution in [0.25, 0.3) is 0 Å². The predicted octanol–water partition coefficient (Wildman–Crippen LogP) is 3.10. The number of halogens is 3. The smallest absolute Gasteiger partial charge is 0.452 e. The van der Waals surface area contributed by atoms with E-state index in [9.17, 15) is 27.6 Å². The lowest BCUT2D eigenvalue weighted by Gasteiger charge is -2.16. The summed E-state index contributed by atoms with van der Waals surface area (Å²) >= 11 is 1.34. The van der Waals surface area contributed by atoms with Gasteiger partial charge < -0.3 is 20.1 Å². The van der Waals surface area contributed by atoms with Gasteiger partial charge in [0, 0.05) is 17.0 Å². The van der Waals surface area contributed by atoms with Crippen LogP contribution in [-0.2, 0) is 20.9 Å². The van der Waals surface area contributed by atoms with E-state index in [-0.39, 0.29) is 29.3 Å². The van der Waals surface area contributed by atoms with Crippen LogP contribution in [0.3, 0.4) is 0 Å². The minimum atomic E-state index is -4.86. The summed E-state index contributed by atoms with van der Waals surface area (Å²) in [7, 11) is 0. The Labute approximate surface area is 172 Å². The second-order valence-corrected chi connectivity index (χ2v) is 7.07. The van der Waals surface area contributed by atoms with Gasteiger partial charge in [0.25, 0.3) is 5.91 Å². The van der Waals surface area contributed by atoms with Crippen molar-refractivity contribution in [3.8, 4) is 5.75 Å². The second-order valence-electron chi connectivity index (χ2n) is 6.06. The van der Waals surface area contributed by atoms with Gasteiger partial charge in [-0.15, -0.1) is 24.9 Å². The summed E-state index contributed by atoms with van der Waals surface area (Å²) in [5.41, 5.74) is 0.738. The highest BCUT2D eigenvalue weighted by Gasteiger charge is 2.32. The molecule has 0 saturated heterocycles. The molecule has 0 aliphatic carbocycles. The summed E-state index contributed by atoms with van der Waals surface area (Å²) in [6.07, 6.45) is -4.86. The van der Waals surface area contributed by atoms with E-state index in [4.69, 9.17) is 4.74 Å². The SMILES string of the molecule is O=C(COC(=O)c1ccc2c(c1)NC(=O)CS2)NCc1ccccc1OC(F)(F)F. The molecule has 3 rings (SSSR count). The van der Waals surface area contributed by atoms with Crippen molar-refractivity contribution in [1.82, 2.24) is 5.32 Å². The number of alkyl halides is 3. The van der Waals surface area contributed by atoms with Gasteiger partial charge >= 0.3 is 12.3 Å². The lowest BCUT2D eigenvalue weighted by molar-refractivity contribution is -0.274. The molecule has 1 aliphatic heterocycles. The van der Waals surface area contributed by atoms with Crippen molar-refractivity contribution in [2.75, 3.05) is 17.7 Å². The molecule has 7 nitrogen and oxygen atoms in total. The number of benzene rings is 2. The molecule has 30 heavy (non-hydrogen) atoms. The average molecular weight is 440 g/mol. The van der Waals surface area contributed by atoms with Crippen molar-refractivity contribution >= 4 is 35.2 Å². The lowest BCUT2D eigenvalue weighted by atomic mass is 10.2. The molecule has 0 unspecified atom stereocenters. The highest BCUT2D eigenvalue weighted by molar-refractivity contribution is 8.00. The fourth-order valence-electron chi connectivity index (χ4n) is 2.54. The maximum Gasteiger partial charge on any atom is 0.573 e. The summed E-state index contributed by atoms with van der Waals surface area (Å²) in [6, 6.07) is 9.98. The van der Waals surface area contributed by atoms with Gasteiger partial charge in [-0.3, -0.25) is 9.59 Å². The van der Waals surface area contributed by atoms with E-state index in [1.807, 2.05) is 0 Å². The molecule has 0 saturated carbocycles. The largest absolute Gasteiger partial charge is 0.573 e. The molecule has 0 fully saturated rings. The first-order valence-electron chi connectivity index (χ1n) is 8.55. The van der Waals surface area contributed by atoms with E-state index in [1.54, 1.807) is 6.07 Å². The number of nitrogens with one attached hydrogen (secondary N) is 2. The van der Waals surface area contributed by atoms with Crippen molar-refractivity contribution in [2.45, 2.75) is 17.8 Å². The topological polar surface area (TPSA) is 93.7 Å². The molecule has 0 spiro atoms. The number of amides is 2. The Morgan fingerprint density at radius 3 is 2.70 bits per heavy atom. The van der Waals surface area contributed by atoms with E-state index >= 15 is 0 Å². The number of hydrogen-bond acceptors (Lipinski definition) is 6. The molecule has 0 radical (unpaired) electrons. The molecular formula is C19H15F3N2O5S. The second kappa shape index (κ2) is 9.08. The van der Waals surface area contributed by atoms with Crippen molar-refractivity contribution in [3.63, 3.8) is 0 Å². The first kappa shape index (κ1) is 21.5. The molecule has 2 N–H and O–H groups in total. The van der Waals surface area contributed by atoms with E-state index < -0.39 is 30.6 Å². The predicted molar refractivity (Wildman–Crippen MR) is 101 cm³/mol. The quantitative estimate of drug-likeness (QED) is 0.671. The Hall–Kier alpha value is -3.21. The van der Waals surface area contributed by atoms with E-state index in [2.05, 4.69) is 15.4 Å². The first-order valence-corrected chi connectivity index (χ1v) is 9.54. The van der Waals surface area contributed by atoms with Crippen LogP contribution in [0.1, 0.15) is 15.9 Å². The Balaban J connectivity index is 1.53. The average Bonchev–Trinajstić information content (AvgIpc) is 2.69. The van der Waals surface area contributed by atoms with Crippen LogP contribution in [-0.4, -0.2) is 36.5 Å². The number of rotatable bonds is 6. The minimum Gasteiger partial charge on any atom is -0.452 e. The maximum atomic E-state index is 12.4. The van der Waals surface area contributed by atoms with Gasteiger partial charge in [-0.25, -0.2) is 4.79 Å². The van der Waals surface area contributed by atoms with Crippen LogP contribution in [0, 0.1) is 0 Å². The van der Waals surface area contributed by atoms with Crippen molar-refractivity contribution < 1.29 is 37.0 Å². The van der Waals surface area contributed by atoms with Gasteiger partial charge in [0.15, 0.2) is 6.61 Å². The molecule has 2 aromatic carbocycles. The number of thioether (sulfide) groups is 1. The molecule has 2 aromatic rings. The monoisotopic (exact) mass is 440 g/mol. The fraction of sp³-hybridized carbons (Fsp3) is 0.211. The summed E-state index contributed by atoms with van der Waals surface area (Å²) in [5, 5.41) is 5.00. The zero-order valence-electron chi connectivity index (χ0n) is 15.2. The Morgan fingerprint density at radius 2 is 1.93 bits per heavy atom. The molecule has 11 heteroatoms. The molecule has 1 aliphatic rings. The summed E-state index contributed by atoms with van der Waals surface area (Å²) in [6.45, 7) is -0.871. The molecular weight excluding hydrogens is 425 g/mol. The van der Waals surface area contributed by atoms with Crippen LogP contribution < -0.4 is 15.4 Å². The van der Waals surface area contributed by atoms with Crippen molar-refractivity contribution in [2.24, 2.45) is 0 Å². The third-order valence-corrected chi connectivity index (χ3v) is 4.93. The summed E-state index contributed by atoms with van der Waals surface area (Å²) < 4.78 is 46.1.